The van der Waals surface area contributed by atoms with Crippen molar-refractivity contribution >= 4 is 17.9 Å². The highest BCUT2D eigenvalue weighted by molar-refractivity contribution is 5.71. The molecule has 0 amide bonds. The Morgan fingerprint density at radius 1 is 0.435 bits per heavy atom. The number of carbonyl (C=O) groups is 3. The molecule has 0 aliphatic heterocycles. The minimum atomic E-state index is -1.51. The van der Waals surface area contributed by atoms with Crippen LogP contribution in [0, 0.1) is 0 Å². The molecule has 0 fully saturated rings. The molecule has 69 heavy (non-hydrogen) atoms. The molecule has 0 aliphatic carbocycles. The molecule has 0 aliphatic rings. The second-order valence-corrected chi connectivity index (χ2v) is 20.2. The molecule has 0 rings (SSSR count). The molecular weight excluding hydrogens is 863 g/mol. The molecule has 0 spiro atoms. The number of hydrogen-bond donors (Lipinski definition) is 1. The minimum Gasteiger partial charge on any atom is -0.477 e. The summed E-state index contributed by atoms with van der Waals surface area (Å²) in [4.78, 5) is 37.4. The highest BCUT2D eigenvalue weighted by atomic mass is 16.7. The molecular formula is C60H108NO8+. The lowest BCUT2D eigenvalue weighted by Crippen LogP contribution is -2.40. The zero-order valence-electron chi connectivity index (χ0n) is 45.5. The fraction of sp³-hybridized carbons (Fsp3) is 0.783. The van der Waals surface area contributed by atoms with Crippen molar-refractivity contribution < 1.29 is 42.9 Å². The number of rotatable bonds is 52. The number of hydrogen-bond acceptors (Lipinski definition) is 7. The minimum absolute atomic E-state index is 0.184. The second kappa shape index (κ2) is 51.3. The van der Waals surface area contributed by atoms with Crippen LogP contribution in [0.1, 0.15) is 245 Å². The highest BCUT2D eigenvalue weighted by Gasteiger charge is 2.25. The summed E-state index contributed by atoms with van der Waals surface area (Å²) >= 11 is 0. The van der Waals surface area contributed by atoms with Gasteiger partial charge in [0, 0.05) is 12.8 Å². The summed E-state index contributed by atoms with van der Waals surface area (Å²) in [6.07, 6.45) is 61.5. The number of carboxylic acids is 1. The Kier molecular flexibility index (Phi) is 49.1. The zero-order chi connectivity index (χ0) is 50.6. The summed E-state index contributed by atoms with van der Waals surface area (Å²) in [5.41, 5.74) is 0. The Hall–Kier alpha value is -3.01. The zero-order valence-corrected chi connectivity index (χ0v) is 45.5. The summed E-state index contributed by atoms with van der Waals surface area (Å²) in [7, 11) is 5.96. The van der Waals surface area contributed by atoms with Gasteiger partial charge in [0.2, 0.25) is 0 Å². The van der Waals surface area contributed by atoms with Crippen LogP contribution in [0.15, 0.2) is 60.8 Å². The maximum atomic E-state index is 12.9. The largest absolute Gasteiger partial charge is 0.477 e. The smallest absolute Gasteiger partial charge is 0.361 e. The van der Waals surface area contributed by atoms with Crippen LogP contribution in [-0.2, 0) is 33.3 Å². The van der Waals surface area contributed by atoms with E-state index >= 15 is 0 Å². The molecule has 2 atom stereocenters. The van der Waals surface area contributed by atoms with Gasteiger partial charge in [0.1, 0.15) is 13.2 Å². The van der Waals surface area contributed by atoms with E-state index < -0.39 is 24.3 Å². The van der Waals surface area contributed by atoms with Crippen molar-refractivity contribution in [2.45, 2.75) is 257 Å². The lowest BCUT2D eigenvalue weighted by atomic mass is 10.0. The normalized spacial score (nSPS) is 13.2. The van der Waals surface area contributed by atoms with E-state index in [0.717, 1.165) is 70.6 Å². The molecule has 0 heterocycles. The van der Waals surface area contributed by atoms with Crippen molar-refractivity contribution in [3.05, 3.63) is 60.8 Å². The number of likely N-dealkylation sites (N-methyl/N-ethyl adjacent to an activating group) is 1. The molecule has 0 bridgehead atoms. The summed E-state index contributed by atoms with van der Waals surface area (Å²) in [6, 6.07) is 0. The van der Waals surface area contributed by atoms with Crippen LogP contribution in [0.5, 0.6) is 0 Å². The number of aliphatic carboxylic acids is 1. The third-order valence-corrected chi connectivity index (χ3v) is 12.2. The molecule has 9 heteroatoms. The van der Waals surface area contributed by atoms with E-state index in [1.807, 2.05) is 21.1 Å². The van der Waals surface area contributed by atoms with Crippen LogP contribution >= 0.6 is 0 Å². The molecule has 2 unspecified atom stereocenters. The van der Waals surface area contributed by atoms with Crippen molar-refractivity contribution in [1.29, 1.82) is 0 Å². The van der Waals surface area contributed by atoms with Crippen LogP contribution in [0.3, 0.4) is 0 Å². The predicted octanol–water partition coefficient (Wildman–Crippen LogP) is 16.5. The molecule has 0 saturated heterocycles. The topological polar surface area (TPSA) is 108 Å². The van der Waals surface area contributed by atoms with Gasteiger partial charge in [-0.2, -0.15) is 0 Å². The fourth-order valence-electron chi connectivity index (χ4n) is 7.82. The van der Waals surface area contributed by atoms with Gasteiger partial charge in [-0.25, -0.2) is 4.79 Å². The maximum absolute atomic E-state index is 12.9. The van der Waals surface area contributed by atoms with Crippen LogP contribution in [0.2, 0.25) is 0 Å². The van der Waals surface area contributed by atoms with E-state index in [2.05, 4.69) is 74.6 Å². The lowest BCUT2D eigenvalue weighted by Gasteiger charge is -2.25. The predicted molar refractivity (Wildman–Crippen MR) is 290 cm³/mol. The monoisotopic (exact) mass is 971 g/mol. The molecule has 0 saturated carbocycles. The van der Waals surface area contributed by atoms with Gasteiger partial charge in [-0.3, -0.25) is 9.59 Å². The van der Waals surface area contributed by atoms with Gasteiger partial charge in [0.15, 0.2) is 6.10 Å². The van der Waals surface area contributed by atoms with Crippen LogP contribution < -0.4 is 0 Å². The number of nitrogens with zero attached hydrogens (tertiary/aromatic N) is 1. The van der Waals surface area contributed by atoms with Crippen molar-refractivity contribution in [2.75, 3.05) is 47.5 Å². The summed E-state index contributed by atoms with van der Waals surface area (Å²) in [5, 5.41) is 9.69. The van der Waals surface area contributed by atoms with E-state index in [-0.39, 0.29) is 32.2 Å². The van der Waals surface area contributed by atoms with E-state index in [1.54, 1.807) is 0 Å². The van der Waals surface area contributed by atoms with Gasteiger partial charge in [-0.1, -0.05) is 209 Å². The van der Waals surface area contributed by atoms with Crippen molar-refractivity contribution in [2.24, 2.45) is 0 Å². The molecule has 400 valence electrons. The number of carbonyl (C=O) groups excluding carboxylic acids is 2. The Labute approximate surface area is 425 Å². The Morgan fingerprint density at radius 2 is 0.783 bits per heavy atom. The molecule has 0 aromatic carbocycles. The number of unbranched alkanes of at least 4 members (excludes halogenated alkanes) is 27. The lowest BCUT2D eigenvalue weighted by molar-refractivity contribution is -0.870. The van der Waals surface area contributed by atoms with Crippen molar-refractivity contribution in [3.63, 3.8) is 0 Å². The van der Waals surface area contributed by atoms with Gasteiger partial charge in [-0.15, -0.1) is 0 Å². The van der Waals surface area contributed by atoms with Crippen LogP contribution in [-0.4, -0.2) is 87.4 Å². The highest BCUT2D eigenvalue weighted by Crippen LogP contribution is 2.15. The number of esters is 2. The summed E-state index contributed by atoms with van der Waals surface area (Å²) in [5.74, 6) is -2.01. The first-order valence-corrected chi connectivity index (χ1v) is 28.5. The number of quaternary nitrogens is 1. The summed E-state index contributed by atoms with van der Waals surface area (Å²) in [6.45, 7) is 4.84. The standard InChI is InChI=1S/C60H107NO8/c1-6-8-10-12-14-16-18-20-22-24-25-26-27-28-29-30-31-32-33-35-37-39-41-43-45-47-49-51-58(63)69-56(55-68-60(59(64)65)66-53-52-61(3,4)5)54-67-57(62)50-48-46-44-42-40-38-36-34-23-21-19-17-15-13-11-9-7-2/h15,17-18,20-21,23-25,27-28,56,60H,6-14,16,19,22,26,29-55H2,1-5H3/p+1/b17-15-,20-18-,23-21-,25-24-,28-27-. The maximum Gasteiger partial charge on any atom is 0.361 e. The Bertz CT molecular complexity index is 1310. The van der Waals surface area contributed by atoms with Gasteiger partial charge in [0.05, 0.1) is 34.4 Å². The molecule has 0 radical (unpaired) electrons. The van der Waals surface area contributed by atoms with E-state index in [4.69, 9.17) is 18.9 Å². The van der Waals surface area contributed by atoms with E-state index in [9.17, 15) is 19.5 Å². The fourth-order valence-corrected chi connectivity index (χ4v) is 7.82. The Morgan fingerprint density at radius 3 is 1.19 bits per heavy atom. The second-order valence-electron chi connectivity index (χ2n) is 20.2. The van der Waals surface area contributed by atoms with Gasteiger partial charge in [-0.05, 0) is 83.5 Å². The molecule has 9 nitrogen and oxygen atoms in total. The van der Waals surface area contributed by atoms with Gasteiger partial charge >= 0.3 is 17.9 Å². The Balaban J connectivity index is 4.25. The SMILES string of the molecule is CCCCC/C=C\C/C=C\CCCCCCCCCC(=O)OCC(COC(OCC[N+](C)(C)C)C(=O)O)OC(=O)CCCCCCCCCCCCCC/C=C\C/C=C\C/C=C\CCCCCCC. The van der Waals surface area contributed by atoms with Crippen molar-refractivity contribution in [3.8, 4) is 0 Å². The molecule has 0 aromatic heterocycles. The number of allylic oxidation sites excluding steroid dienone is 10. The van der Waals surface area contributed by atoms with Gasteiger partial charge < -0.3 is 28.5 Å². The van der Waals surface area contributed by atoms with E-state index in [1.165, 1.54) is 148 Å². The first kappa shape index (κ1) is 66.0. The average molecular weight is 972 g/mol. The van der Waals surface area contributed by atoms with Crippen LogP contribution in [0.25, 0.3) is 0 Å². The third-order valence-electron chi connectivity index (χ3n) is 12.2. The molecule has 0 aromatic rings. The first-order chi connectivity index (χ1) is 33.6. The molecule has 1 N–H and O–H groups in total. The average Bonchev–Trinajstić information content (AvgIpc) is 3.31. The third kappa shape index (κ3) is 52.6. The summed E-state index contributed by atoms with van der Waals surface area (Å²) < 4.78 is 22.9. The first-order valence-electron chi connectivity index (χ1n) is 28.5. The quantitative estimate of drug-likeness (QED) is 0.0211. The number of ether oxygens (including phenoxy) is 4. The number of carboxylic acid groups (broad SMARTS) is 1. The van der Waals surface area contributed by atoms with E-state index in [0.29, 0.717) is 17.4 Å². The van der Waals surface area contributed by atoms with Crippen LogP contribution in [0.4, 0.5) is 0 Å². The van der Waals surface area contributed by atoms with Crippen molar-refractivity contribution in [1.82, 2.24) is 0 Å². The van der Waals surface area contributed by atoms with Gasteiger partial charge in [0.25, 0.3) is 6.29 Å².